The van der Waals surface area contributed by atoms with E-state index in [1.807, 2.05) is 68.4 Å². The third-order valence-electron chi connectivity index (χ3n) is 7.58. The molecule has 0 heterocycles. The lowest BCUT2D eigenvalue weighted by Gasteiger charge is -2.33. The van der Waals surface area contributed by atoms with Crippen molar-refractivity contribution in [2.24, 2.45) is 0 Å². The second-order valence-electron chi connectivity index (χ2n) is 11.0. The summed E-state index contributed by atoms with van der Waals surface area (Å²) >= 11 is 0. The first-order valence-electron chi connectivity index (χ1n) is 14.5. The molecular weight excluding hydrogens is 550 g/mol. The first-order chi connectivity index (χ1) is 20.1. The molecule has 3 aromatic rings. The summed E-state index contributed by atoms with van der Waals surface area (Å²) in [6, 6.07) is 23.5. The number of rotatable bonds is 13. The zero-order valence-electron chi connectivity index (χ0n) is 24.7. The molecule has 0 spiro atoms. The van der Waals surface area contributed by atoms with Gasteiger partial charge in [-0.1, -0.05) is 79.9 Å². The van der Waals surface area contributed by atoms with Gasteiger partial charge in [-0.15, -0.1) is 0 Å². The number of hydrogen-bond donors (Lipinski definition) is 1. The van der Waals surface area contributed by atoms with Crippen LogP contribution in [0.15, 0.2) is 78.9 Å². The van der Waals surface area contributed by atoms with Crippen LogP contribution < -0.4 is 14.4 Å². The van der Waals surface area contributed by atoms with Crippen LogP contribution in [0.3, 0.4) is 0 Å². The van der Waals surface area contributed by atoms with Gasteiger partial charge in [-0.25, -0.2) is 8.42 Å². The SMILES string of the molecule is CCC(C(=O)NC1CCCC1)N(Cc1cccc(C)c1)C(=O)CN(c1ccc(OCc2ccccc2)cc1)S(C)(=O)=O. The monoisotopic (exact) mass is 591 g/mol. The van der Waals surface area contributed by atoms with Gasteiger partial charge in [-0.3, -0.25) is 13.9 Å². The normalized spacial score (nSPS) is 14.3. The van der Waals surface area contributed by atoms with Gasteiger partial charge >= 0.3 is 0 Å². The van der Waals surface area contributed by atoms with Gasteiger partial charge in [0, 0.05) is 12.6 Å². The molecule has 1 N–H and O–H groups in total. The first-order valence-corrected chi connectivity index (χ1v) is 16.4. The van der Waals surface area contributed by atoms with Crippen molar-refractivity contribution in [2.75, 3.05) is 17.1 Å². The number of amides is 2. The number of aryl methyl sites for hydroxylation is 1. The molecule has 0 saturated heterocycles. The van der Waals surface area contributed by atoms with Crippen molar-refractivity contribution in [1.29, 1.82) is 0 Å². The standard InChI is InChI=1S/C33H41N3O5S/c1-4-31(33(38)34-28-15-8-9-16-28)35(22-27-14-10-11-25(2)21-27)32(37)23-36(42(3,39)40)29-17-19-30(20-18-29)41-24-26-12-6-5-7-13-26/h5-7,10-14,17-21,28,31H,4,8-9,15-16,22-24H2,1-3H3,(H,34,38). The number of hydrogen-bond acceptors (Lipinski definition) is 5. The number of anilines is 1. The fraction of sp³-hybridized carbons (Fsp3) is 0.394. The van der Waals surface area contributed by atoms with E-state index in [9.17, 15) is 18.0 Å². The van der Waals surface area contributed by atoms with E-state index in [4.69, 9.17) is 4.74 Å². The second kappa shape index (κ2) is 14.4. The summed E-state index contributed by atoms with van der Waals surface area (Å²) in [4.78, 5) is 28.9. The zero-order chi connectivity index (χ0) is 30.1. The predicted octanol–water partition coefficient (Wildman–Crippen LogP) is 5.21. The van der Waals surface area contributed by atoms with E-state index in [0.717, 1.165) is 52.9 Å². The lowest BCUT2D eigenvalue weighted by atomic mass is 10.1. The molecule has 0 aromatic heterocycles. The fourth-order valence-electron chi connectivity index (χ4n) is 5.36. The van der Waals surface area contributed by atoms with Crippen molar-refractivity contribution < 1.29 is 22.7 Å². The summed E-state index contributed by atoms with van der Waals surface area (Å²) in [5, 5.41) is 3.13. The van der Waals surface area contributed by atoms with Gasteiger partial charge in [0.25, 0.3) is 0 Å². The highest BCUT2D eigenvalue weighted by molar-refractivity contribution is 7.92. The van der Waals surface area contributed by atoms with E-state index in [-0.39, 0.29) is 18.5 Å². The van der Waals surface area contributed by atoms with Gasteiger partial charge in [0.2, 0.25) is 21.8 Å². The molecule has 9 heteroatoms. The first kappa shape index (κ1) is 31.1. The van der Waals surface area contributed by atoms with Gasteiger partial charge in [0.05, 0.1) is 11.9 Å². The quantitative estimate of drug-likeness (QED) is 0.295. The lowest BCUT2D eigenvalue weighted by molar-refractivity contribution is -0.140. The van der Waals surface area contributed by atoms with Crippen LogP contribution in [-0.4, -0.2) is 50.0 Å². The maximum atomic E-state index is 13.9. The van der Waals surface area contributed by atoms with E-state index in [1.54, 1.807) is 24.3 Å². The van der Waals surface area contributed by atoms with Crippen LogP contribution in [-0.2, 0) is 32.8 Å². The Bertz CT molecular complexity index is 1440. The van der Waals surface area contributed by atoms with Gasteiger partial charge in [-0.05, 0) is 61.6 Å². The Morgan fingerprint density at radius 3 is 2.24 bits per heavy atom. The minimum absolute atomic E-state index is 0.109. The van der Waals surface area contributed by atoms with Crippen LogP contribution in [0.4, 0.5) is 5.69 Å². The number of carbonyl (C=O) groups is 2. The van der Waals surface area contributed by atoms with Crippen molar-refractivity contribution in [3.63, 3.8) is 0 Å². The largest absolute Gasteiger partial charge is 0.489 e. The van der Waals surface area contributed by atoms with Crippen LogP contribution in [0.2, 0.25) is 0 Å². The van der Waals surface area contributed by atoms with Crippen molar-refractivity contribution in [2.45, 2.75) is 71.2 Å². The molecule has 1 fully saturated rings. The molecule has 1 unspecified atom stereocenters. The molecule has 224 valence electrons. The smallest absolute Gasteiger partial charge is 0.244 e. The summed E-state index contributed by atoms with van der Waals surface area (Å²) in [5.41, 5.74) is 3.27. The van der Waals surface area contributed by atoms with Gasteiger partial charge in [-0.2, -0.15) is 0 Å². The molecule has 0 bridgehead atoms. The minimum Gasteiger partial charge on any atom is -0.489 e. The average Bonchev–Trinajstić information content (AvgIpc) is 3.48. The van der Waals surface area contributed by atoms with Crippen molar-refractivity contribution in [3.8, 4) is 5.75 Å². The Hall–Kier alpha value is -3.85. The molecule has 2 amide bonds. The Morgan fingerprint density at radius 1 is 0.952 bits per heavy atom. The Labute approximate surface area is 249 Å². The number of ether oxygens (including phenoxy) is 1. The maximum absolute atomic E-state index is 13.9. The molecule has 1 aliphatic carbocycles. The zero-order valence-corrected chi connectivity index (χ0v) is 25.5. The Balaban J connectivity index is 1.55. The van der Waals surface area contributed by atoms with Crippen LogP contribution in [0, 0.1) is 6.92 Å². The minimum atomic E-state index is -3.82. The summed E-state index contributed by atoms with van der Waals surface area (Å²) in [6.45, 7) is 3.99. The third-order valence-corrected chi connectivity index (χ3v) is 8.72. The second-order valence-corrected chi connectivity index (χ2v) is 12.9. The number of benzene rings is 3. The van der Waals surface area contributed by atoms with Gasteiger partial charge in [0.15, 0.2) is 0 Å². The van der Waals surface area contributed by atoms with Crippen molar-refractivity contribution in [1.82, 2.24) is 10.2 Å². The predicted molar refractivity (Wildman–Crippen MR) is 166 cm³/mol. The average molecular weight is 592 g/mol. The molecule has 8 nitrogen and oxygen atoms in total. The molecule has 42 heavy (non-hydrogen) atoms. The number of nitrogens with zero attached hydrogens (tertiary/aromatic N) is 2. The molecule has 1 aliphatic rings. The summed E-state index contributed by atoms with van der Waals surface area (Å²) in [5.74, 6) is -0.0610. The van der Waals surface area contributed by atoms with E-state index in [1.165, 1.54) is 4.90 Å². The van der Waals surface area contributed by atoms with Crippen LogP contribution >= 0.6 is 0 Å². The molecule has 0 radical (unpaired) electrons. The lowest BCUT2D eigenvalue weighted by Crippen LogP contribution is -2.53. The van der Waals surface area contributed by atoms with E-state index < -0.39 is 28.5 Å². The van der Waals surface area contributed by atoms with E-state index in [0.29, 0.717) is 24.5 Å². The molecule has 4 rings (SSSR count). The van der Waals surface area contributed by atoms with Gasteiger partial charge in [0.1, 0.15) is 24.9 Å². The number of carbonyl (C=O) groups excluding carboxylic acids is 2. The van der Waals surface area contributed by atoms with Gasteiger partial charge < -0.3 is 15.0 Å². The topological polar surface area (TPSA) is 96.0 Å². The molecule has 0 aliphatic heterocycles. The molecule has 3 aromatic carbocycles. The number of nitrogens with one attached hydrogen (secondary N) is 1. The third kappa shape index (κ3) is 8.58. The summed E-state index contributed by atoms with van der Waals surface area (Å²) in [7, 11) is -3.82. The summed E-state index contributed by atoms with van der Waals surface area (Å²) < 4.78 is 32.8. The fourth-order valence-corrected chi connectivity index (χ4v) is 6.21. The van der Waals surface area contributed by atoms with Crippen LogP contribution in [0.1, 0.15) is 55.7 Å². The highest BCUT2D eigenvalue weighted by Crippen LogP contribution is 2.24. The van der Waals surface area contributed by atoms with Crippen molar-refractivity contribution in [3.05, 3.63) is 95.6 Å². The highest BCUT2D eigenvalue weighted by atomic mass is 32.2. The van der Waals surface area contributed by atoms with Crippen LogP contribution in [0.5, 0.6) is 5.75 Å². The Morgan fingerprint density at radius 2 is 1.62 bits per heavy atom. The maximum Gasteiger partial charge on any atom is 0.244 e. The highest BCUT2D eigenvalue weighted by Gasteiger charge is 2.33. The van der Waals surface area contributed by atoms with E-state index in [2.05, 4.69) is 5.32 Å². The number of sulfonamides is 1. The molecule has 1 atom stereocenters. The van der Waals surface area contributed by atoms with Crippen LogP contribution in [0.25, 0.3) is 0 Å². The molecular formula is C33H41N3O5S. The van der Waals surface area contributed by atoms with Crippen molar-refractivity contribution >= 4 is 27.5 Å². The summed E-state index contributed by atoms with van der Waals surface area (Å²) in [6.07, 6.45) is 5.50. The molecule has 1 saturated carbocycles. The van der Waals surface area contributed by atoms with E-state index >= 15 is 0 Å². The Kier molecular flexibility index (Phi) is 10.6.